The summed E-state index contributed by atoms with van der Waals surface area (Å²) in [6, 6.07) is 10.1. The molecule has 1 atom stereocenters. The number of nitrogens with zero attached hydrogens (tertiary/aromatic N) is 2. The molecule has 1 aromatic heterocycles. The molecule has 2 heterocycles. The van der Waals surface area contributed by atoms with Crippen LogP contribution >= 0.6 is 0 Å². The largest absolute Gasteiger partial charge is 0.488 e. The van der Waals surface area contributed by atoms with Crippen LogP contribution in [0.25, 0.3) is 0 Å². The van der Waals surface area contributed by atoms with Crippen LogP contribution in [0.2, 0.25) is 0 Å². The van der Waals surface area contributed by atoms with Crippen LogP contribution in [0, 0.1) is 6.92 Å². The van der Waals surface area contributed by atoms with Gasteiger partial charge in [-0.2, -0.15) is 0 Å². The summed E-state index contributed by atoms with van der Waals surface area (Å²) in [5.41, 5.74) is 1.64. The number of hydrogen-bond acceptors (Lipinski definition) is 5. The normalized spacial score (nSPS) is 16.8. The van der Waals surface area contributed by atoms with Crippen molar-refractivity contribution in [3.63, 3.8) is 0 Å². The number of nitrogens with one attached hydrogen (secondary N) is 1. The molecule has 8 nitrogen and oxygen atoms in total. The first-order valence-electron chi connectivity index (χ1n) is 11.1. The lowest BCUT2D eigenvalue weighted by Gasteiger charge is -2.19. The molecule has 0 spiro atoms. The third-order valence-electron chi connectivity index (χ3n) is 5.94. The highest BCUT2D eigenvalue weighted by Gasteiger charge is 2.28. The summed E-state index contributed by atoms with van der Waals surface area (Å²) in [4.78, 5) is 26.3. The summed E-state index contributed by atoms with van der Waals surface area (Å²) in [7, 11) is -1.98. The maximum Gasteiger partial charge on any atom is 0.254 e. The number of aryl methyl sites for hydroxylation is 1. The second-order valence-electron chi connectivity index (χ2n) is 9.52. The molecule has 1 unspecified atom stereocenters. The summed E-state index contributed by atoms with van der Waals surface area (Å²) in [6.07, 6.45) is 0.529. The van der Waals surface area contributed by atoms with E-state index in [9.17, 15) is 18.0 Å². The Morgan fingerprint density at radius 2 is 1.85 bits per heavy atom. The standard InChI is InChI=1S/C24H33N3O5S/c1-17-14-20(15-23(29)26(17)5)32-19-11-13-27(16-19)22(28)10-12-25-33(30,31)21-8-6-18(7-9-21)24(2,3)4/h6-9,14-15,19,25H,10-13,16H2,1-5H3. The van der Waals surface area contributed by atoms with Gasteiger partial charge in [0.15, 0.2) is 0 Å². The van der Waals surface area contributed by atoms with Gasteiger partial charge in [0, 0.05) is 44.7 Å². The van der Waals surface area contributed by atoms with E-state index in [4.69, 9.17) is 4.74 Å². The molecular weight excluding hydrogens is 442 g/mol. The maximum atomic E-state index is 12.6. The van der Waals surface area contributed by atoms with Crippen LogP contribution in [-0.2, 0) is 27.3 Å². The zero-order valence-electron chi connectivity index (χ0n) is 19.9. The predicted octanol–water partition coefficient (Wildman–Crippen LogP) is 2.34. The van der Waals surface area contributed by atoms with E-state index in [2.05, 4.69) is 25.5 Å². The highest BCUT2D eigenvalue weighted by atomic mass is 32.2. The molecule has 1 amide bonds. The van der Waals surface area contributed by atoms with Crippen molar-refractivity contribution in [3.8, 4) is 5.75 Å². The number of pyridine rings is 1. The van der Waals surface area contributed by atoms with Crippen LogP contribution in [0.4, 0.5) is 0 Å². The fraction of sp³-hybridized carbons (Fsp3) is 0.500. The molecule has 180 valence electrons. The van der Waals surface area contributed by atoms with Crippen molar-refractivity contribution in [2.45, 2.75) is 57.0 Å². The van der Waals surface area contributed by atoms with Gasteiger partial charge in [0.05, 0.1) is 11.4 Å². The van der Waals surface area contributed by atoms with E-state index < -0.39 is 10.0 Å². The van der Waals surface area contributed by atoms with E-state index in [-0.39, 0.29) is 40.8 Å². The van der Waals surface area contributed by atoms with Crippen LogP contribution in [0.15, 0.2) is 46.1 Å². The lowest BCUT2D eigenvalue weighted by Crippen LogP contribution is -2.34. The van der Waals surface area contributed by atoms with Gasteiger partial charge in [-0.05, 0) is 36.1 Å². The van der Waals surface area contributed by atoms with Crippen molar-refractivity contribution >= 4 is 15.9 Å². The molecule has 0 radical (unpaired) electrons. The second-order valence-corrected chi connectivity index (χ2v) is 11.3. The Balaban J connectivity index is 1.49. The monoisotopic (exact) mass is 475 g/mol. The molecule has 0 bridgehead atoms. The third-order valence-corrected chi connectivity index (χ3v) is 7.42. The Hall–Kier alpha value is -2.65. The number of carbonyl (C=O) groups excluding carboxylic acids is 1. The van der Waals surface area contributed by atoms with Crippen molar-refractivity contribution < 1.29 is 17.9 Å². The topological polar surface area (TPSA) is 97.7 Å². The zero-order chi connectivity index (χ0) is 24.4. The lowest BCUT2D eigenvalue weighted by atomic mass is 9.87. The summed E-state index contributed by atoms with van der Waals surface area (Å²) in [6.45, 7) is 9.00. The van der Waals surface area contributed by atoms with E-state index in [1.807, 2.05) is 19.1 Å². The number of carbonyl (C=O) groups is 1. The van der Waals surface area contributed by atoms with Gasteiger partial charge in [-0.3, -0.25) is 9.59 Å². The Morgan fingerprint density at radius 1 is 1.18 bits per heavy atom. The third kappa shape index (κ3) is 6.23. The van der Waals surface area contributed by atoms with E-state index in [1.165, 1.54) is 10.6 Å². The Kier molecular flexibility index (Phi) is 7.33. The molecule has 2 aromatic rings. The molecule has 1 fully saturated rings. The summed E-state index contributed by atoms with van der Waals surface area (Å²) < 4.78 is 35.0. The molecule has 0 saturated carbocycles. The van der Waals surface area contributed by atoms with Gasteiger partial charge in [-0.15, -0.1) is 0 Å². The van der Waals surface area contributed by atoms with Crippen LogP contribution in [0.1, 0.15) is 44.9 Å². The fourth-order valence-electron chi connectivity index (χ4n) is 3.72. The van der Waals surface area contributed by atoms with Gasteiger partial charge < -0.3 is 14.2 Å². The quantitative estimate of drug-likeness (QED) is 0.663. The maximum absolute atomic E-state index is 12.6. The number of benzene rings is 1. The minimum atomic E-state index is -3.68. The molecule has 0 aliphatic carbocycles. The van der Waals surface area contributed by atoms with Crippen molar-refractivity contribution in [2.24, 2.45) is 7.05 Å². The van der Waals surface area contributed by atoms with E-state index in [0.29, 0.717) is 25.3 Å². The van der Waals surface area contributed by atoms with Gasteiger partial charge in [0.25, 0.3) is 5.56 Å². The molecule has 1 saturated heterocycles. The molecule has 1 aromatic carbocycles. The van der Waals surface area contributed by atoms with E-state index in [0.717, 1.165) is 11.3 Å². The van der Waals surface area contributed by atoms with Gasteiger partial charge >= 0.3 is 0 Å². The molecule has 1 aliphatic heterocycles. The van der Waals surface area contributed by atoms with Crippen LogP contribution in [-0.4, -0.2) is 49.5 Å². The zero-order valence-corrected chi connectivity index (χ0v) is 20.7. The number of amides is 1. The Morgan fingerprint density at radius 3 is 2.45 bits per heavy atom. The number of sulfonamides is 1. The van der Waals surface area contributed by atoms with Crippen molar-refractivity contribution in [3.05, 3.63) is 58.0 Å². The highest BCUT2D eigenvalue weighted by molar-refractivity contribution is 7.89. The molecular formula is C24H33N3O5S. The average Bonchev–Trinajstić information content (AvgIpc) is 3.20. The average molecular weight is 476 g/mol. The van der Waals surface area contributed by atoms with Gasteiger partial charge in [-0.1, -0.05) is 32.9 Å². The molecule has 1 N–H and O–H groups in total. The SMILES string of the molecule is Cc1cc(OC2CCN(C(=O)CCNS(=O)(=O)c3ccc(C(C)(C)C)cc3)C2)cc(=O)n1C. The summed E-state index contributed by atoms with van der Waals surface area (Å²) >= 11 is 0. The van der Waals surface area contributed by atoms with Crippen LogP contribution in [0.3, 0.4) is 0 Å². The molecule has 3 rings (SSSR count). The minimum absolute atomic E-state index is 0.0259. The Labute approximate surface area is 195 Å². The molecule has 9 heteroatoms. The summed E-state index contributed by atoms with van der Waals surface area (Å²) in [5.74, 6) is 0.368. The van der Waals surface area contributed by atoms with Crippen molar-refractivity contribution in [2.75, 3.05) is 19.6 Å². The van der Waals surface area contributed by atoms with Crippen molar-refractivity contribution in [1.29, 1.82) is 0 Å². The smallest absolute Gasteiger partial charge is 0.254 e. The Bertz CT molecular complexity index is 1160. The number of aromatic nitrogens is 1. The lowest BCUT2D eigenvalue weighted by molar-refractivity contribution is -0.130. The van der Waals surface area contributed by atoms with Crippen molar-refractivity contribution in [1.82, 2.24) is 14.2 Å². The summed E-state index contributed by atoms with van der Waals surface area (Å²) in [5, 5.41) is 0. The molecule has 1 aliphatic rings. The van der Waals surface area contributed by atoms with Crippen LogP contribution < -0.4 is 15.0 Å². The number of ether oxygens (including phenoxy) is 1. The highest BCUT2D eigenvalue weighted by Crippen LogP contribution is 2.23. The first kappa shape index (κ1) is 25.0. The van der Waals surface area contributed by atoms with Gasteiger partial charge in [0.1, 0.15) is 11.9 Å². The number of likely N-dealkylation sites (tertiary alicyclic amines) is 1. The van der Waals surface area contributed by atoms with Gasteiger partial charge in [-0.25, -0.2) is 13.1 Å². The predicted molar refractivity (Wildman–Crippen MR) is 127 cm³/mol. The fourth-order valence-corrected chi connectivity index (χ4v) is 4.75. The van der Waals surface area contributed by atoms with E-state index in [1.54, 1.807) is 30.1 Å². The van der Waals surface area contributed by atoms with Crippen LogP contribution in [0.5, 0.6) is 5.75 Å². The molecule has 33 heavy (non-hydrogen) atoms. The minimum Gasteiger partial charge on any atom is -0.488 e. The number of rotatable bonds is 7. The number of hydrogen-bond donors (Lipinski definition) is 1. The van der Waals surface area contributed by atoms with E-state index >= 15 is 0 Å². The first-order valence-corrected chi connectivity index (χ1v) is 12.6. The first-order chi connectivity index (χ1) is 15.4. The second kappa shape index (κ2) is 9.69. The van der Waals surface area contributed by atoms with Gasteiger partial charge in [0.2, 0.25) is 15.9 Å².